The van der Waals surface area contributed by atoms with Gasteiger partial charge in [-0.2, -0.15) is 4.98 Å². The molecule has 15 heavy (non-hydrogen) atoms. The van der Waals surface area contributed by atoms with Crippen molar-refractivity contribution in [2.75, 3.05) is 12.4 Å². The average molecular weight is 211 g/mol. The molecule has 0 bridgehead atoms. The van der Waals surface area contributed by atoms with E-state index in [9.17, 15) is 10.1 Å². The predicted molar refractivity (Wildman–Crippen MR) is 56.2 cm³/mol. The number of nitrogens with zero attached hydrogens (tertiary/aromatic N) is 2. The third kappa shape index (κ3) is 2.80. The number of hydrogen-bond donors (Lipinski definition) is 1. The second-order valence-corrected chi connectivity index (χ2v) is 3.19. The third-order valence-corrected chi connectivity index (χ3v) is 1.64. The van der Waals surface area contributed by atoms with Crippen LogP contribution in [0.25, 0.3) is 0 Å². The lowest BCUT2D eigenvalue weighted by molar-refractivity contribution is -0.386. The SMILES string of the molecule is CNc1ccc([N+](=O)[O-])c(OC(C)C)n1. The Morgan fingerprint density at radius 2 is 2.20 bits per heavy atom. The van der Waals surface area contributed by atoms with E-state index in [0.29, 0.717) is 5.82 Å². The summed E-state index contributed by atoms with van der Waals surface area (Å²) >= 11 is 0. The van der Waals surface area contributed by atoms with Gasteiger partial charge in [0.1, 0.15) is 5.82 Å². The van der Waals surface area contributed by atoms with Gasteiger partial charge in [-0.05, 0) is 19.9 Å². The molecule has 0 saturated heterocycles. The highest BCUT2D eigenvalue weighted by Crippen LogP contribution is 2.26. The van der Waals surface area contributed by atoms with Crippen LogP contribution in [0, 0.1) is 10.1 Å². The van der Waals surface area contributed by atoms with Crippen LogP contribution < -0.4 is 10.1 Å². The number of pyridine rings is 1. The molecule has 0 fully saturated rings. The number of aromatic nitrogens is 1. The van der Waals surface area contributed by atoms with Crippen LogP contribution in [0.2, 0.25) is 0 Å². The van der Waals surface area contributed by atoms with Crippen LogP contribution in [-0.2, 0) is 0 Å². The second-order valence-electron chi connectivity index (χ2n) is 3.19. The Hall–Kier alpha value is -1.85. The molecule has 1 aromatic rings. The second kappa shape index (κ2) is 4.59. The van der Waals surface area contributed by atoms with E-state index < -0.39 is 4.92 Å². The summed E-state index contributed by atoms with van der Waals surface area (Å²) in [5, 5.41) is 13.5. The molecule has 6 nitrogen and oxygen atoms in total. The summed E-state index contributed by atoms with van der Waals surface area (Å²) in [4.78, 5) is 14.1. The Balaban J connectivity index is 3.10. The number of hydrogen-bond acceptors (Lipinski definition) is 5. The lowest BCUT2D eigenvalue weighted by atomic mass is 10.4. The fourth-order valence-electron chi connectivity index (χ4n) is 1.02. The summed E-state index contributed by atoms with van der Waals surface area (Å²) in [5.74, 6) is 0.582. The fraction of sp³-hybridized carbons (Fsp3) is 0.444. The molecule has 1 rings (SSSR count). The molecule has 1 N–H and O–H groups in total. The molecule has 0 aliphatic rings. The van der Waals surface area contributed by atoms with Crippen molar-refractivity contribution in [1.29, 1.82) is 0 Å². The lowest BCUT2D eigenvalue weighted by Crippen LogP contribution is -2.09. The molecule has 0 aromatic carbocycles. The van der Waals surface area contributed by atoms with E-state index in [4.69, 9.17) is 4.74 Å². The third-order valence-electron chi connectivity index (χ3n) is 1.64. The van der Waals surface area contributed by atoms with Crippen LogP contribution >= 0.6 is 0 Å². The van der Waals surface area contributed by atoms with Gasteiger partial charge in [-0.1, -0.05) is 0 Å². The Labute approximate surface area is 87.4 Å². The Morgan fingerprint density at radius 1 is 1.53 bits per heavy atom. The molecule has 6 heteroatoms. The van der Waals surface area contributed by atoms with Gasteiger partial charge in [0.15, 0.2) is 0 Å². The quantitative estimate of drug-likeness (QED) is 0.607. The van der Waals surface area contributed by atoms with Gasteiger partial charge in [0.25, 0.3) is 5.88 Å². The first-order valence-electron chi connectivity index (χ1n) is 4.54. The molecule has 0 amide bonds. The van der Waals surface area contributed by atoms with Crippen molar-refractivity contribution in [3.8, 4) is 5.88 Å². The molecule has 0 spiro atoms. The molecule has 1 heterocycles. The summed E-state index contributed by atoms with van der Waals surface area (Å²) in [5.41, 5.74) is -0.123. The Morgan fingerprint density at radius 3 is 2.67 bits per heavy atom. The number of rotatable bonds is 4. The monoisotopic (exact) mass is 211 g/mol. The minimum atomic E-state index is -0.510. The molecule has 82 valence electrons. The van der Waals surface area contributed by atoms with Crippen molar-refractivity contribution in [1.82, 2.24) is 4.98 Å². The van der Waals surface area contributed by atoms with Gasteiger partial charge in [0.2, 0.25) is 0 Å². The Kier molecular flexibility index (Phi) is 3.43. The fourth-order valence-corrected chi connectivity index (χ4v) is 1.02. The first kappa shape index (κ1) is 11.2. The summed E-state index contributed by atoms with van der Waals surface area (Å²) in [6, 6.07) is 2.90. The van der Waals surface area contributed by atoms with Crippen LogP contribution in [0.3, 0.4) is 0 Å². The van der Waals surface area contributed by atoms with Crippen LogP contribution in [0.1, 0.15) is 13.8 Å². The molecule has 0 atom stereocenters. The number of ether oxygens (including phenoxy) is 1. The lowest BCUT2D eigenvalue weighted by Gasteiger charge is -2.09. The van der Waals surface area contributed by atoms with Crippen LogP contribution in [0.15, 0.2) is 12.1 Å². The molecule has 1 aromatic heterocycles. The summed E-state index contributed by atoms with van der Waals surface area (Å²) in [7, 11) is 1.69. The standard InChI is InChI=1S/C9H13N3O3/c1-6(2)15-9-7(12(13)14)4-5-8(10-3)11-9/h4-6H,1-3H3,(H,10,11). The van der Waals surface area contributed by atoms with Crippen molar-refractivity contribution in [2.24, 2.45) is 0 Å². The van der Waals surface area contributed by atoms with Gasteiger partial charge < -0.3 is 10.1 Å². The van der Waals surface area contributed by atoms with E-state index >= 15 is 0 Å². The largest absolute Gasteiger partial charge is 0.470 e. The van der Waals surface area contributed by atoms with E-state index in [1.165, 1.54) is 12.1 Å². The predicted octanol–water partition coefficient (Wildman–Crippen LogP) is 1.82. The highest BCUT2D eigenvalue weighted by Gasteiger charge is 2.18. The maximum atomic E-state index is 10.7. The average Bonchev–Trinajstić information content (AvgIpc) is 2.16. The van der Waals surface area contributed by atoms with Gasteiger partial charge in [-0.15, -0.1) is 0 Å². The zero-order valence-corrected chi connectivity index (χ0v) is 8.85. The molecular formula is C9H13N3O3. The van der Waals surface area contributed by atoms with E-state index in [1.807, 2.05) is 0 Å². The summed E-state index contributed by atoms with van der Waals surface area (Å²) < 4.78 is 5.26. The smallest absolute Gasteiger partial charge is 0.331 e. The minimum absolute atomic E-state index is 0.0434. The molecular weight excluding hydrogens is 198 g/mol. The molecule has 0 aliphatic carbocycles. The van der Waals surface area contributed by atoms with Gasteiger partial charge >= 0.3 is 5.69 Å². The van der Waals surface area contributed by atoms with Gasteiger partial charge in [-0.3, -0.25) is 10.1 Å². The van der Waals surface area contributed by atoms with Crippen molar-refractivity contribution in [3.05, 3.63) is 22.2 Å². The van der Waals surface area contributed by atoms with Crippen molar-refractivity contribution >= 4 is 11.5 Å². The highest BCUT2D eigenvalue weighted by molar-refractivity contribution is 5.48. The van der Waals surface area contributed by atoms with Gasteiger partial charge in [0, 0.05) is 13.1 Å². The van der Waals surface area contributed by atoms with Crippen LogP contribution in [-0.4, -0.2) is 23.1 Å². The van der Waals surface area contributed by atoms with E-state index in [0.717, 1.165) is 0 Å². The van der Waals surface area contributed by atoms with E-state index in [2.05, 4.69) is 10.3 Å². The summed E-state index contributed by atoms with van der Waals surface area (Å²) in [6.45, 7) is 3.58. The summed E-state index contributed by atoms with van der Waals surface area (Å²) in [6.07, 6.45) is -0.150. The van der Waals surface area contributed by atoms with Gasteiger partial charge in [0.05, 0.1) is 11.0 Å². The highest BCUT2D eigenvalue weighted by atomic mass is 16.6. The molecule has 0 aliphatic heterocycles. The maximum Gasteiger partial charge on any atom is 0.331 e. The minimum Gasteiger partial charge on any atom is -0.470 e. The number of nitro groups is 1. The van der Waals surface area contributed by atoms with Crippen molar-refractivity contribution in [3.63, 3.8) is 0 Å². The molecule has 0 radical (unpaired) electrons. The molecule has 0 saturated carbocycles. The van der Waals surface area contributed by atoms with Crippen molar-refractivity contribution in [2.45, 2.75) is 20.0 Å². The zero-order valence-electron chi connectivity index (χ0n) is 8.85. The number of nitrogens with one attached hydrogen (secondary N) is 1. The molecule has 0 unspecified atom stereocenters. The first-order valence-corrected chi connectivity index (χ1v) is 4.54. The Bertz CT molecular complexity index is 366. The topological polar surface area (TPSA) is 77.3 Å². The van der Waals surface area contributed by atoms with E-state index in [-0.39, 0.29) is 17.7 Å². The van der Waals surface area contributed by atoms with Crippen LogP contribution in [0.4, 0.5) is 11.5 Å². The zero-order chi connectivity index (χ0) is 11.4. The normalized spacial score (nSPS) is 10.1. The van der Waals surface area contributed by atoms with Crippen LogP contribution in [0.5, 0.6) is 5.88 Å². The van der Waals surface area contributed by atoms with E-state index in [1.54, 1.807) is 20.9 Å². The first-order chi connectivity index (χ1) is 7.04. The maximum absolute atomic E-state index is 10.7. The van der Waals surface area contributed by atoms with Gasteiger partial charge in [-0.25, -0.2) is 0 Å². The number of anilines is 1. The van der Waals surface area contributed by atoms with Crippen molar-refractivity contribution < 1.29 is 9.66 Å².